The van der Waals surface area contributed by atoms with E-state index in [1.807, 2.05) is 0 Å². The molecular weight excluding hydrogens is 240 g/mol. The number of unbranched alkanes of at least 4 members (excludes halogenated alkanes) is 7. The molecule has 0 aliphatic heterocycles. The van der Waals surface area contributed by atoms with E-state index in [1.54, 1.807) is 0 Å². The quantitative estimate of drug-likeness (QED) is 0.366. The van der Waals surface area contributed by atoms with Crippen molar-refractivity contribution in [1.82, 2.24) is 0 Å². The molecule has 0 bridgehead atoms. The third-order valence-corrected chi connectivity index (χ3v) is 4.77. The van der Waals surface area contributed by atoms with Gasteiger partial charge in [-0.2, -0.15) is 0 Å². The van der Waals surface area contributed by atoms with Gasteiger partial charge in [-0.05, 0) is 11.8 Å². The highest BCUT2D eigenvalue weighted by Crippen LogP contribution is 2.36. The van der Waals surface area contributed by atoms with Crippen LogP contribution in [-0.2, 0) is 0 Å². The molecule has 1 fully saturated rings. The lowest BCUT2D eigenvalue weighted by molar-refractivity contribution is 0.357. The summed E-state index contributed by atoms with van der Waals surface area (Å²) in [5.41, 5.74) is 0. The topological polar surface area (TPSA) is 0 Å². The van der Waals surface area contributed by atoms with Crippen LogP contribution in [0.25, 0.3) is 0 Å². The summed E-state index contributed by atoms with van der Waals surface area (Å²) < 4.78 is 0. The summed E-state index contributed by atoms with van der Waals surface area (Å²) in [6, 6.07) is 0. The van der Waals surface area contributed by atoms with E-state index >= 15 is 0 Å². The minimum Gasteiger partial charge on any atom is -0.0654 e. The molecule has 0 spiro atoms. The van der Waals surface area contributed by atoms with Crippen LogP contribution in [0.3, 0.4) is 0 Å². The zero-order chi connectivity index (χ0) is 15.1. The van der Waals surface area contributed by atoms with Crippen molar-refractivity contribution in [3.8, 4) is 0 Å². The maximum Gasteiger partial charge on any atom is -0.0386 e. The normalized spacial score (nSPS) is 21.6. The van der Waals surface area contributed by atoms with Gasteiger partial charge in [-0.1, -0.05) is 118 Å². The minimum atomic E-state index is 1.03. The Labute approximate surface area is 130 Å². The van der Waals surface area contributed by atoms with Gasteiger partial charge in [0.15, 0.2) is 0 Å². The van der Waals surface area contributed by atoms with Gasteiger partial charge in [-0.25, -0.2) is 0 Å². The Kier molecular flexibility index (Phi) is 15.4. The van der Waals surface area contributed by atoms with E-state index in [4.69, 9.17) is 0 Å². The van der Waals surface area contributed by atoms with Crippen LogP contribution in [0.5, 0.6) is 0 Å². The van der Waals surface area contributed by atoms with Crippen molar-refractivity contribution in [2.75, 3.05) is 0 Å². The van der Waals surface area contributed by atoms with E-state index in [2.05, 4.69) is 27.7 Å². The van der Waals surface area contributed by atoms with Gasteiger partial charge >= 0.3 is 0 Å². The molecule has 0 amide bonds. The first-order valence-electron chi connectivity index (χ1n) is 9.38. The number of rotatable bonds is 10. The summed E-state index contributed by atoms with van der Waals surface area (Å²) in [6.45, 7) is 12.3. The SMILES string of the molecule is [CH2]CCC1CCCC1CC.[CH2]CCCCCCCCC. The predicted octanol–water partition coefficient (Wildman–Crippen LogP) is 7.39. The van der Waals surface area contributed by atoms with Gasteiger partial charge in [-0.15, -0.1) is 0 Å². The lowest BCUT2D eigenvalue weighted by Gasteiger charge is -2.16. The van der Waals surface area contributed by atoms with E-state index in [1.165, 1.54) is 77.0 Å². The van der Waals surface area contributed by atoms with Gasteiger partial charge in [0, 0.05) is 0 Å². The van der Waals surface area contributed by atoms with Gasteiger partial charge in [0.2, 0.25) is 0 Å². The molecule has 0 aromatic rings. The molecule has 0 aromatic carbocycles. The Bertz CT molecular complexity index is 165. The first kappa shape index (κ1) is 20.0. The van der Waals surface area contributed by atoms with Gasteiger partial charge in [0.25, 0.3) is 0 Å². The third-order valence-electron chi connectivity index (χ3n) is 4.77. The molecule has 0 N–H and O–H groups in total. The van der Waals surface area contributed by atoms with Gasteiger partial charge in [0.05, 0.1) is 0 Å². The highest BCUT2D eigenvalue weighted by atomic mass is 14.3. The van der Waals surface area contributed by atoms with E-state index < -0.39 is 0 Å². The Morgan fingerprint density at radius 1 is 0.750 bits per heavy atom. The Morgan fingerprint density at radius 3 is 1.90 bits per heavy atom. The molecule has 0 nitrogen and oxygen atoms in total. The second kappa shape index (κ2) is 15.4. The summed E-state index contributed by atoms with van der Waals surface area (Å²) >= 11 is 0. The Morgan fingerprint density at radius 2 is 1.35 bits per heavy atom. The van der Waals surface area contributed by atoms with Crippen LogP contribution in [-0.4, -0.2) is 0 Å². The monoisotopic (exact) mass is 280 g/mol. The summed E-state index contributed by atoms with van der Waals surface area (Å²) in [5, 5.41) is 0. The lowest BCUT2D eigenvalue weighted by atomic mass is 9.90. The van der Waals surface area contributed by atoms with Crippen molar-refractivity contribution >= 4 is 0 Å². The van der Waals surface area contributed by atoms with E-state index in [9.17, 15) is 0 Å². The first-order chi connectivity index (χ1) is 9.79. The van der Waals surface area contributed by atoms with Gasteiger partial charge in [0.1, 0.15) is 0 Å². The zero-order valence-electron chi connectivity index (χ0n) is 14.5. The van der Waals surface area contributed by atoms with Crippen LogP contribution < -0.4 is 0 Å². The van der Waals surface area contributed by atoms with Crippen LogP contribution in [0.15, 0.2) is 0 Å². The standard InChI is InChI=1S/C10H19.C10H21/c1-3-6-10-8-5-7-9(10)4-2;1-3-5-7-9-10-8-6-4-2/h9-10H,1,3-8H2,2H3;1,3-10H2,2H3. The first-order valence-corrected chi connectivity index (χ1v) is 9.38. The molecule has 0 aromatic heterocycles. The fraction of sp³-hybridized carbons (Fsp3) is 0.900. The van der Waals surface area contributed by atoms with Crippen LogP contribution in [0.4, 0.5) is 0 Å². The predicted molar refractivity (Wildman–Crippen MR) is 93.7 cm³/mol. The molecule has 0 heteroatoms. The van der Waals surface area contributed by atoms with E-state index in [0.29, 0.717) is 0 Å². The van der Waals surface area contributed by atoms with Crippen molar-refractivity contribution in [2.45, 2.75) is 104 Å². The van der Waals surface area contributed by atoms with Crippen LogP contribution in [0, 0.1) is 25.7 Å². The fourth-order valence-electron chi connectivity index (χ4n) is 3.43. The average molecular weight is 281 g/mol. The Hall–Kier alpha value is 0. The molecule has 2 radical (unpaired) electrons. The van der Waals surface area contributed by atoms with Crippen LogP contribution >= 0.6 is 0 Å². The summed E-state index contributed by atoms with van der Waals surface area (Å²) in [6.07, 6.45) is 19.3. The lowest BCUT2D eigenvalue weighted by Crippen LogP contribution is -2.05. The molecule has 1 rings (SSSR count). The minimum absolute atomic E-state index is 1.03. The largest absolute Gasteiger partial charge is 0.0654 e. The average Bonchev–Trinajstić information content (AvgIpc) is 2.91. The molecule has 120 valence electrons. The zero-order valence-corrected chi connectivity index (χ0v) is 14.5. The molecule has 2 atom stereocenters. The van der Waals surface area contributed by atoms with Crippen molar-refractivity contribution < 1.29 is 0 Å². The van der Waals surface area contributed by atoms with Crippen LogP contribution in [0.2, 0.25) is 0 Å². The maximum absolute atomic E-state index is 3.92. The third kappa shape index (κ3) is 10.7. The second-order valence-electron chi connectivity index (χ2n) is 6.48. The van der Waals surface area contributed by atoms with Crippen LogP contribution in [0.1, 0.15) is 104 Å². The van der Waals surface area contributed by atoms with Crippen molar-refractivity contribution in [1.29, 1.82) is 0 Å². The summed E-state index contributed by atoms with van der Waals surface area (Å²) in [5.74, 6) is 2.07. The highest BCUT2D eigenvalue weighted by molar-refractivity contribution is 4.76. The maximum atomic E-state index is 3.92. The number of hydrogen-bond acceptors (Lipinski definition) is 0. The van der Waals surface area contributed by atoms with Crippen molar-refractivity contribution in [3.63, 3.8) is 0 Å². The number of hydrogen-bond donors (Lipinski definition) is 0. The second-order valence-corrected chi connectivity index (χ2v) is 6.48. The fourth-order valence-corrected chi connectivity index (χ4v) is 3.43. The molecule has 1 aliphatic rings. The molecule has 0 saturated heterocycles. The smallest absolute Gasteiger partial charge is 0.0386 e. The Balaban J connectivity index is 0.000000361. The molecule has 0 heterocycles. The summed E-state index contributed by atoms with van der Waals surface area (Å²) in [7, 11) is 0. The molecular formula is C20H40. The highest BCUT2D eigenvalue weighted by Gasteiger charge is 2.24. The van der Waals surface area contributed by atoms with Crippen molar-refractivity contribution in [2.24, 2.45) is 11.8 Å². The molecule has 2 unspecified atom stereocenters. The van der Waals surface area contributed by atoms with E-state index in [-0.39, 0.29) is 0 Å². The van der Waals surface area contributed by atoms with Gasteiger partial charge in [-0.3, -0.25) is 0 Å². The molecule has 1 saturated carbocycles. The van der Waals surface area contributed by atoms with E-state index in [0.717, 1.165) is 24.7 Å². The van der Waals surface area contributed by atoms with Gasteiger partial charge < -0.3 is 0 Å². The van der Waals surface area contributed by atoms with Crippen molar-refractivity contribution in [3.05, 3.63) is 13.8 Å². The summed E-state index contributed by atoms with van der Waals surface area (Å²) in [4.78, 5) is 0. The molecule has 20 heavy (non-hydrogen) atoms. The molecule has 1 aliphatic carbocycles.